The van der Waals surface area contributed by atoms with E-state index < -0.39 is 15.8 Å². The first-order chi connectivity index (χ1) is 9.47. The van der Waals surface area contributed by atoms with Crippen LogP contribution in [0.5, 0.6) is 0 Å². The molecule has 0 amide bonds. The summed E-state index contributed by atoms with van der Waals surface area (Å²) in [7, 11) is -3.77. The second-order valence-electron chi connectivity index (χ2n) is 4.08. The number of halogens is 2. The van der Waals surface area contributed by atoms with Crippen molar-refractivity contribution in [1.29, 1.82) is 0 Å². The van der Waals surface area contributed by atoms with Crippen molar-refractivity contribution >= 4 is 21.6 Å². The van der Waals surface area contributed by atoms with Crippen LogP contribution in [0.15, 0.2) is 23.1 Å². The highest BCUT2D eigenvalue weighted by Crippen LogP contribution is 2.22. The zero-order valence-corrected chi connectivity index (χ0v) is 13.2. The van der Waals surface area contributed by atoms with Crippen molar-refractivity contribution in [3.63, 3.8) is 0 Å². The highest BCUT2D eigenvalue weighted by Gasteiger charge is 2.25. The Bertz CT molecular complexity index is 536. The third-order valence-electron chi connectivity index (χ3n) is 2.83. The Morgan fingerprint density at radius 2 is 2.05 bits per heavy atom. The van der Waals surface area contributed by atoms with Crippen LogP contribution in [-0.4, -0.2) is 39.0 Å². The molecule has 0 aliphatic rings. The fourth-order valence-electron chi connectivity index (χ4n) is 1.78. The van der Waals surface area contributed by atoms with Gasteiger partial charge in [-0.2, -0.15) is 4.31 Å². The highest BCUT2D eigenvalue weighted by atomic mass is 35.5. The first kappa shape index (κ1) is 17.4. The minimum absolute atomic E-state index is 0.0118. The van der Waals surface area contributed by atoms with Gasteiger partial charge in [0, 0.05) is 25.6 Å². The summed E-state index contributed by atoms with van der Waals surface area (Å²) in [5.74, 6) is -0.587. The minimum atomic E-state index is -3.77. The van der Waals surface area contributed by atoms with Crippen LogP contribution in [-0.2, 0) is 20.6 Å². The van der Waals surface area contributed by atoms with E-state index in [1.807, 2.05) is 6.92 Å². The maximum atomic E-state index is 13.3. The summed E-state index contributed by atoms with van der Waals surface area (Å²) >= 11 is 5.74. The molecule has 0 aromatic heterocycles. The van der Waals surface area contributed by atoms with E-state index in [4.69, 9.17) is 16.3 Å². The molecule has 1 aromatic carbocycles. The van der Waals surface area contributed by atoms with Crippen LogP contribution in [0.2, 0.25) is 0 Å². The van der Waals surface area contributed by atoms with Gasteiger partial charge in [0.25, 0.3) is 0 Å². The second-order valence-corrected chi connectivity index (χ2v) is 6.25. The number of sulfonamides is 1. The predicted molar refractivity (Wildman–Crippen MR) is 76.9 cm³/mol. The van der Waals surface area contributed by atoms with Gasteiger partial charge in [0.05, 0.1) is 11.5 Å². The highest BCUT2D eigenvalue weighted by molar-refractivity contribution is 7.89. The fraction of sp³-hybridized carbons (Fsp3) is 0.538. The number of nitrogens with zero attached hydrogens (tertiary/aromatic N) is 1. The largest absolute Gasteiger partial charge is 0.380 e. The first-order valence-corrected chi connectivity index (χ1v) is 8.37. The molecule has 0 unspecified atom stereocenters. The number of ether oxygens (including phenoxy) is 1. The smallest absolute Gasteiger partial charge is 0.243 e. The molecule has 0 saturated carbocycles. The van der Waals surface area contributed by atoms with Crippen molar-refractivity contribution in [3.05, 3.63) is 29.6 Å². The number of hydrogen-bond donors (Lipinski definition) is 0. The summed E-state index contributed by atoms with van der Waals surface area (Å²) in [4.78, 5) is -0.0779. The van der Waals surface area contributed by atoms with Gasteiger partial charge in [-0.3, -0.25) is 0 Å². The van der Waals surface area contributed by atoms with Crippen molar-refractivity contribution in [2.75, 3.05) is 26.3 Å². The monoisotopic (exact) mass is 323 g/mol. The predicted octanol–water partition coefficient (Wildman–Crippen LogP) is 2.61. The molecule has 20 heavy (non-hydrogen) atoms. The van der Waals surface area contributed by atoms with E-state index in [0.717, 1.165) is 6.07 Å². The first-order valence-electron chi connectivity index (χ1n) is 6.39. The number of hydrogen-bond acceptors (Lipinski definition) is 3. The Labute approximate surface area is 124 Å². The van der Waals surface area contributed by atoms with Gasteiger partial charge in [-0.25, -0.2) is 12.8 Å². The number of alkyl halides is 1. The molecule has 1 rings (SSSR count). The maximum Gasteiger partial charge on any atom is 0.243 e. The van der Waals surface area contributed by atoms with E-state index in [1.165, 1.54) is 16.4 Å². The molecule has 4 nitrogen and oxygen atoms in total. The van der Waals surface area contributed by atoms with Crippen LogP contribution in [0.4, 0.5) is 4.39 Å². The molecule has 0 radical (unpaired) electrons. The van der Waals surface area contributed by atoms with Crippen molar-refractivity contribution in [2.45, 2.75) is 24.6 Å². The molecule has 7 heteroatoms. The van der Waals surface area contributed by atoms with Gasteiger partial charge in [0.1, 0.15) is 5.82 Å². The van der Waals surface area contributed by atoms with Crippen LogP contribution in [0.3, 0.4) is 0 Å². The van der Waals surface area contributed by atoms with Crippen molar-refractivity contribution in [2.24, 2.45) is 0 Å². The van der Waals surface area contributed by atoms with Gasteiger partial charge in [-0.1, -0.05) is 13.0 Å². The van der Waals surface area contributed by atoms with E-state index >= 15 is 0 Å². The lowest BCUT2D eigenvalue weighted by Crippen LogP contribution is -2.34. The van der Waals surface area contributed by atoms with Gasteiger partial charge < -0.3 is 4.74 Å². The average molecular weight is 324 g/mol. The molecule has 114 valence electrons. The lowest BCUT2D eigenvalue weighted by atomic mass is 10.2. The molecule has 0 atom stereocenters. The van der Waals surface area contributed by atoms with E-state index in [1.54, 1.807) is 6.92 Å². The summed E-state index contributed by atoms with van der Waals surface area (Å²) in [5.41, 5.74) is 0.392. The minimum Gasteiger partial charge on any atom is -0.380 e. The van der Waals surface area contributed by atoms with Crippen LogP contribution >= 0.6 is 11.6 Å². The van der Waals surface area contributed by atoms with Gasteiger partial charge in [-0.15, -0.1) is 11.6 Å². The van der Waals surface area contributed by atoms with Crippen LogP contribution in [0.25, 0.3) is 0 Å². The zero-order valence-electron chi connectivity index (χ0n) is 11.6. The van der Waals surface area contributed by atoms with Crippen molar-refractivity contribution in [3.8, 4) is 0 Å². The molecule has 1 aromatic rings. The molecule has 0 N–H and O–H groups in total. The van der Waals surface area contributed by atoms with Crippen LogP contribution in [0, 0.1) is 5.82 Å². The fourth-order valence-corrected chi connectivity index (χ4v) is 3.76. The molecule has 0 fully saturated rings. The lowest BCUT2D eigenvalue weighted by molar-refractivity contribution is 0.135. The standard InChI is InChI=1S/C13H19ClFNO3S/c1-3-16(7-8-19-4-2)20(17,18)13-9-12(15)6-5-11(13)10-14/h5-6,9H,3-4,7-8,10H2,1-2H3. The quantitative estimate of drug-likeness (QED) is 0.546. The van der Waals surface area contributed by atoms with Crippen LogP contribution in [0.1, 0.15) is 19.4 Å². The van der Waals surface area contributed by atoms with E-state index in [2.05, 4.69) is 0 Å². The third kappa shape index (κ3) is 4.15. The van der Waals surface area contributed by atoms with E-state index in [-0.39, 0.29) is 23.9 Å². The molecule has 0 bridgehead atoms. The van der Waals surface area contributed by atoms with Gasteiger partial charge in [0.2, 0.25) is 10.0 Å². The number of benzene rings is 1. The Kier molecular flexibility index (Phi) is 6.88. The third-order valence-corrected chi connectivity index (χ3v) is 5.18. The van der Waals surface area contributed by atoms with Gasteiger partial charge >= 0.3 is 0 Å². The summed E-state index contributed by atoms with van der Waals surface area (Å²) in [6.07, 6.45) is 0. The Morgan fingerprint density at radius 3 is 2.60 bits per heavy atom. The second kappa shape index (κ2) is 7.93. The van der Waals surface area contributed by atoms with Crippen LogP contribution < -0.4 is 0 Å². The maximum absolute atomic E-state index is 13.3. The molecule has 0 aliphatic carbocycles. The Hall–Kier alpha value is -0.690. The topological polar surface area (TPSA) is 46.6 Å². The molecular weight excluding hydrogens is 305 g/mol. The Balaban J connectivity index is 3.10. The molecule has 0 heterocycles. The Morgan fingerprint density at radius 1 is 1.35 bits per heavy atom. The molecule has 0 spiro atoms. The summed E-state index contributed by atoms with van der Waals surface area (Å²) in [6.45, 7) is 4.89. The normalized spacial score (nSPS) is 12.1. The number of rotatable bonds is 8. The van der Waals surface area contributed by atoms with Gasteiger partial charge in [-0.05, 0) is 24.6 Å². The van der Waals surface area contributed by atoms with E-state index in [0.29, 0.717) is 18.8 Å². The van der Waals surface area contributed by atoms with Crippen molar-refractivity contribution in [1.82, 2.24) is 4.31 Å². The zero-order chi connectivity index (χ0) is 15.2. The molecular formula is C13H19ClFNO3S. The average Bonchev–Trinajstić information content (AvgIpc) is 2.43. The summed E-state index contributed by atoms with van der Waals surface area (Å²) in [6, 6.07) is 3.61. The summed E-state index contributed by atoms with van der Waals surface area (Å²) < 4.78 is 44.8. The van der Waals surface area contributed by atoms with Crippen molar-refractivity contribution < 1.29 is 17.5 Å². The van der Waals surface area contributed by atoms with E-state index in [9.17, 15) is 12.8 Å². The SMILES string of the molecule is CCOCCN(CC)S(=O)(=O)c1cc(F)ccc1CCl. The summed E-state index contributed by atoms with van der Waals surface area (Å²) in [5, 5.41) is 0. The van der Waals surface area contributed by atoms with Gasteiger partial charge in [0.15, 0.2) is 0 Å². The number of likely N-dealkylation sites (N-methyl/N-ethyl adjacent to an activating group) is 1. The molecule has 0 saturated heterocycles. The molecule has 0 aliphatic heterocycles. The lowest BCUT2D eigenvalue weighted by Gasteiger charge is -2.21.